The second-order valence-corrected chi connectivity index (χ2v) is 5.09. The van der Waals surface area contributed by atoms with Crippen LogP contribution in [-0.4, -0.2) is 17.6 Å². The number of ether oxygens (including phenoxy) is 1. The largest absolute Gasteiger partial charge is 0.466 e. The first kappa shape index (κ1) is 14.3. The van der Waals surface area contributed by atoms with E-state index < -0.39 is 0 Å². The highest BCUT2D eigenvalue weighted by atomic mass is 16.5. The SMILES string of the molecule is CCOC(=O)C(C)c1ccc2nc(-c3ccccc3)oc2c1. The first-order valence-corrected chi connectivity index (χ1v) is 7.31. The maximum atomic E-state index is 11.8. The van der Waals surface area contributed by atoms with Crippen molar-refractivity contribution in [1.82, 2.24) is 4.98 Å². The third kappa shape index (κ3) is 2.72. The van der Waals surface area contributed by atoms with Crippen LogP contribution >= 0.6 is 0 Å². The number of hydrogen-bond donors (Lipinski definition) is 0. The molecule has 3 aromatic rings. The minimum Gasteiger partial charge on any atom is -0.466 e. The molecule has 0 amide bonds. The molecule has 2 aromatic carbocycles. The van der Waals surface area contributed by atoms with Gasteiger partial charge in [-0.3, -0.25) is 4.79 Å². The quantitative estimate of drug-likeness (QED) is 0.678. The van der Waals surface area contributed by atoms with Crippen LogP contribution in [0.5, 0.6) is 0 Å². The molecule has 0 N–H and O–H groups in total. The first-order chi connectivity index (χ1) is 10.7. The van der Waals surface area contributed by atoms with Gasteiger partial charge in [0, 0.05) is 5.56 Å². The molecule has 0 bridgehead atoms. The summed E-state index contributed by atoms with van der Waals surface area (Å²) in [6.07, 6.45) is 0. The smallest absolute Gasteiger partial charge is 0.313 e. The molecule has 4 nitrogen and oxygen atoms in total. The summed E-state index contributed by atoms with van der Waals surface area (Å²) in [5, 5.41) is 0. The Hall–Kier alpha value is -2.62. The molecule has 0 aliphatic rings. The lowest BCUT2D eigenvalue weighted by molar-refractivity contribution is -0.144. The molecule has 1 unspecified atom stereocenters. The molecule has 112 valence electrons. The van der Waals surface area contributed by atoms with Crippen molar-refractivity contribution in [2.75, 3.05) is 6.61 Å². The van der Waals surface area contributed by atoms with E-state index in [2.05, 4.69) is 4.98 Å². The lowest BCUT2D eigenvalue weighted by Gasteiger charge is -2.10. The fraction of sp³-hybridized carbons (Fsp3) is 0.222. The molecule has 4 heteroatoms. The number of fused-ring (bicyclic) bond motifs is 1. The molecular formula is C18H17NO3. The average molecular weight is 295 g/mol. The Kier molecular flexibility index (Phi) is 3.92. The number of benzene rings is 2. The summed E-state index contributed by atoms with van der Waals surface area (Å²) >= 11 is 0. The zero-order valence-electron chi connectivity index (χ0n) is 12.6. The van der Waals surface area contributed by atoms with Crippen LogP contribution in [0, 0.1) is 0 Å². The molecular weight excluding hydrogens is 278 g/mol. The molecule has 1 atom stereocenters. The number of hydrogen-bond acceptors (Lipinski definition) is 4. The Morgan fingerprint density at radius 3 is 2.73 bits per heavy atom. The van der Waals surface area contributed by atoms with Gasteiger partial charge in [0.05, 0.1) is 12.5 Å². The second-order valence-electron chi connectivity index (χ2n) is 5.09. The zero-order valence-corrected chi connectivity index (χ0v) is 12.6. The van der Waals surface area contributed by atoms with Gasteiger partial charge in [-0.25, -0.2) is 4.98 Å². The molecule has 0 saturated heterocycles. The van der Waals surface area contributed by atoms with Gasteiger partial charge in [-0.05, 0) is 43.7 Å². The second kappa shape index (κ2) is 6.02. The van der Waals surface area contributed by atoms with Crippen LogP contribution in [0.15, 0.2) is 52.9 Å². The lowest BCUT2D eigenvalue weighted by Crippen LogP contribution is -2.12. The highest BCUT2D eigenvalue weighted by Crippen LogP contribution is 2.27. The van der Waals surface area contributed by atoms with Crippen LogP contribution in [0.2, 0.25) is 0 Å². The molecule has 22 heavy (non-hydrogen) atoms. The predicted octanol–water partition coefficient (Wildman–Crippen LogP) is 4.16. The van der Waals surface area contributed by atoms with Crippen LogP contribution in [0.25, 0.3) is 22.6 Å². The fourth-order valence-corrected chi connectivity index (χ4v) is 2.32. The Bertz CT molecular complexity index is 792. The van der Waals surface area contributed by atoms with Gasteiger partial charge in [0.1, 0.15) is 5.52 Å². The van der Waals surface area contributed by atoms with Gasteiger partial charge in [-0.2, -0.15) is 0 Å². The molecule has 0 saturated carbocycles. The predicted molar refractivity (Wildman–Crippen MR) is 84.5 cm³/mol. The lowest BCUT2D eigenvalue weighted by atomic mass is 10.0. The van der Waals surface area contributed by atoms with E-state index in [4.69, 9.17) is 9.15 Å². The van der Waals surface area contributed by atoms with Gasteiger partial charge in [-0.15, -0.1) is 0 Å². The summed E-state index contributed by atoms with van der Waals surface area (Å²) in [7, 11) is 0. The summed E-state index contributed by atoms with van der Waals surface area (Å²) in [6.45, 7) is 4.01. The summed E-state index contributed by atoms with van der Waals surface area (Å²) in [6, 6.07) is 15.4. The molecule has 0 radical (unpaired) electrons. The maximum Gasteiger partial charge on any atom is 0.313 e. The average Bonchev–Trinajstić information content (AvgIpc) is 2.98. The van der Waals surface area contributed by atoms with Gasteiger partial charge in [-0.1, -0.05) is 24.3 Å². The van der Waals surface area contributed by atoms with Crippen LogP contribution < -0.4 is 0 Å². The van der Waals surface area contributed by atoms with Crippen molar-refractivity contribution in [2.45, 2.75) is 19.8 Å². The summed E-state index contributed by atoms with van der Waals surface area (Å²) in [5.74, 6) is 0.0239. The highest BCUT2D eigenvalue weighted by molar-refractivity contribution is 5.82. The van der Waals surface area contributed by atoms with E-state index in [9.17, 15) is 4.79 Å². The molecule has 0 fully saturated rings. The molecule has 0 aliphatic carbocycles. The van der Waals surface area contributed by atoms with E-state index in [1.165, 1.54) is 0 Å². The summed E-state index contributed by atoms with van der Waals surface area (Å²) in [4.78, 5) is 16.3. The first-order valence-electron chi connectivity index (χ1n) is 7.31. The van der Waals surface area contributed by atoms with Crippen LogP contribution in [0.3, 0.4) is 0 Å². The van der Waals surface area contributed by atoms with Gasteiger partial charge < -0.3 is 9.15 Å². The highest BCUT2D eigenvalue weighted by Gasteiger charge is 2.18. The van der Waals surface area contributed by atoms with Crippen molar-refractivity contribution >= 4 is 17.1 Å². The third-order valence-electron chi connectivity index (χ3n) is 3.57. The van der Waals surface area contributed by atoms with Crippen molar-refractivity contribution < 1.29 is 13.9 Å². The maximum absolute atomic E-state index is 11.8. The Labute approximate surface area is 128 Å². The zero-order chi connectivity index (χ0) is 15.5. The Morgan fingerprint density at radius 1 is 1.23 bits per heavy atom. The van der Waals surface area contributed by atoms with Crippen LogP contribution in [-0.2, 0) is 9.53 Å². The van der Waals surface area contributed by atoms with E-state index in [0.717, 1.165) is 16.6 Å². The van der Waals surface area contributed by atoms with Crippen molar-refractivity contribution in [3.05, 3.63) is 54.1 Å². The normalized spacial score (nSPS) is 12.3. The van der Waals surface area contributed by atoms with Crippen molar-refractivity contribution in [2.24, 2.45) is 0 Å². The van der Waals surface area contributed by atoms with Gasteiger partial charge in [0.2, 0.25) is 5.89 Å². The van der Waals surface area contributed by atoms with Crippen molar-refractivity contribution in [3.63, 3.8) is 0 Å². The van der Waals surface area contributed by atoms with E-state index in [-0.39, 0.29) is 11.9 Å². The topological polar surface area (TPSA) is 52.3 Å². The molecule has 1 heterocycles. The standard InChI is InChI=1S/C18H17NO3/c1-3-21-18(20)12(2)14-9-10-15-16(11-14)22-17(19-15)13-7-5-4-6-8-13/h4-12H,3H2,1-2H3. The Morgan fingerprint density at radius 2 is 2.00 bits per heavy atom. The summed E-state index contributed by atoms with van der Waals surface area (Å²) < 4.78 is 10.9. The summed E-state index contributed by atoms with van der Waals surface area (Å²) in [5.41, 5.74) is 3.24. The number of esters is 1. The minimum atomic E-state index is -0.324. The van der Waals surface area contributed by atoms with E-state index >= 15 is 0 Å². The number of rotatable bonds is 4. The molecule has 0 aliphatic heterocycles. The molecule has 1 aromatic heterocycles. The van der Waals surface area contributed by atoms with Crippen LogP contribution in [0.1, 0.15) is 25.3 Å². The van der Waals surface area contributed by atoms with Gasteiger partial charge in [0.15, 0.2) is 5.58 Å². The van der Waals surface area contributed by atoms with E-state index in [1.807, 2.05) is 55.5 Å². The fourth-order valence-electron chi connectivity index (χ4n) is 2.32. The third-order valence-corrected chi connectivity index (χ3v) is 3.57. The monoisotopic (exact) mass is 295 g/mol. The van der Waals surface area contributed by atoms with E-state index in [1.54, 1.807) is 6.92 Å². The van der Waals surface area contributed by atoms with Crippen molar-refractivity contribution in [3.8, 4) is 11.5 Å². The Balaban J connectivity index is 1.95. The minimum absolute atomic E-state index is 0.232. The number of aromatic nitrogens is 1. The number of carbonyl (C=O) groups excluding carboxylic acids is 1. The number of nitrogens with zero attached hydrogens (tertiary/aromatic N) is 1. The molecule has 3 rings (SSSR count). The van der Waals surface area contributed by atoms with Gasteiger partial charge >= 0.3 is 5.97 Å². The number of oxazole rings is 1. The van der Waals surface area contributed by atoms with Crippen LogP contribution in [0.4, 0.5) is 0 Å². The van der Waals surface area contributed by atoms with Crippen molar-refractivity contribution in [1.29, 1.82) is 0 Å². The van der Waals surface area contributed by atoms with Gasteiger partial charge in [0.25, 0.3) is 0 Å². The molecule has 0 spiro atoms. The number of carbonyl (C=O) groups is 1. The van der Waals surface area contributed by atoms with E-state index in [0.29, 0.717) is 18.1 Å².